The molecule has 2 rings (SSSR count). The van der Waals surface area contributed by atoms with Gasteiger partial charge in [0.05, 0.1) is 0 Å². The number of hydrogen-bond acceptors (Lipinski definition) is 2. The second-order valence-corrected chi connectivity index (χ2v) is 3.30. The van der Waals surface area contributed by atoms with Gasteiger partial charge in [0.1, 0.15) is 5.82 Å². The highest BCUT2D eigenvalue weighted by Crippen LogP contribution is 2.23. The summed E-state index contributed by atoms with van der Waals surface area (Å²) in [5.74, 6) is -1.14. The molecule has 1 amide bonds. The zero-order chi connectivity index (χ0) is 11.5. The summed E-state index contributed by atoms with van der Waals surface area (Å²) in [5, 5.41) is 0. The lowest BCUT2D eigenvalue weighted by Gasteiger charge is -2.06. The normalized spacial score (nSPS) is 10.1. The number of carbonyl (C=O) groups is 1. The predicted octanol–water partition coefficient (Wildman–Crippen LogP) is 1.99. The fourth-order valence-corrected chi connectivity index (χ4v) is 1.49. The van der Waals surface area contributed by atoms with E-state index in [-0.39, 0.29) is 5.56 Å². The van der Waals surface area contributed by atoms with Gasteiger partial charge >= 0.3 is 0 Å². The van der Waals surface area contributed by atoms with Gasteiger partial charge in [0.15, 0.2) is 0 Å². The SMILES string of the molecule is NC(=O)c1cc(F)ccc1-c1cccnc1. The van der Waals surface area contributed by atoms with Gasteiger partial charge < -0.3 is 5.73 Å². The van der Waals surface area contributed by atoms with E-state index in [1.807, 2.05) is 0 Å². The Kier molecular flexibility index (Phi) is 2.64. The van der Waals surface area contributed by atoms with Crippen molar-refractivity contribution in [3.05, 3.63) is 54.1 Å². The lowest BCUT2D eigenvalue weighted by atomic mass is 10.0. The van der Waals surface area contributed by atoms with Crippen molar-refractivity contribution in [2.75, 3.05) is 0 Å². The summed E-state index contributed by atoms with van der Waals surface area (Å²) in [4.78, 5) is 15.1. The Bertz CT molecular complexity index is 526. The topological polar surface area (TPSA) is 56.0 Å². The van der Waals surface area contributed by atoms with Crippen LogP contribution in [0.3, 0.4) is 0 Å². The van der Waals surface area contributed by atoms with Gasteiger partial charge in [-0.25, -0.2) is 4.39 Å². The first-order valence-electron chi connectivity index (χ1n) is 4.68. The van der Waals surface area contributed by atoms with E-state index in [2.05, 4.69) is 4.98 Å². The van der Waals surface area contributed by atoms with E-state index >= 15 is 0 Å². The van der Waals surface area contributed by atoms with Crippen LogP contribution in [0.25, 0.3) is 11.1 Å². The van der Waals surface area contributed by atoms with Crippen molar-refractivity contribution in [2.45, 2.75) is 0 Å². The molecule has 0 atom stereocenters. The number of hydrogen-bond donors (Lipinski definition) is 1. The van der Waals surface area contributed by atoms with E-state index in [1.165, 1.54) is 12.1 Å². The van der Waals surface area contributed by atoms with Crippen LogP contribution in [-0.4, -0.2) is 10.9 Å². The number of carbonyl (C=O) groups excluding carboxylic acids is 1. The van der Waals surface area contributed by atoms with Crippen LogP contribution < -0.4 is 5.73 Å². The van der Waals surface area contributed by atoms with E-state index in [9.17, 15) is 9.18 Å². The summed E-state index contributed by atoms with van der Waals surface area (Å²) >= 11 is 0. The Morgan fingerprint density at radius 2 is 2.12 bits per heavy atom. The Morgan fingerprint density at radius 3 is 2.75 bits per heavy atom. The minimum Gasteiger partial charge on any atom is -0.366 e. The maximum absolute atomic E-state index is 13.0. The molecule has 1 aromatic carbocycles. The summed E-state index contributed by atoms with van der Waals surface area (Å²) in [6.45, 7) is 0. The van der Waals surface area contributed by atoms with Crippen LogP contribution in [-0.2, 0) is 0 Å². The van der Waals surface area contributed by atoms with E-state index in [1.54, 1.807) is 24.5 Å². The number of nitrogens with zero attached hydrogens (tertiary/aromatic N) is 1. The van der Waals surface area contributed by atoms with Gasteiger partial charge in [0, 0.05) is 23.5 Å². The molecule has 80 valence electrons. The number of benzene rings is 1. The average Bonchev–Trinajstić information content (AvgIpc) is 2.30. The molecule has 2 N–H and O–H groups in total. The first kappa shape index (κ1) is 10.3. The molecule has 0 fully saturated rings. The highest BCUT2D eigenvalue weighted by atomic mass is 19.1. The summed E-state index contributed by atoms with van der Waals surface area (Å²) < 4.78 is 13.0. The van der Waals surface area contributed by atoms with Gasteiger partial charge in [-0.2, -0.15) is 0 Å². The molecule has 0 saturated carbocycles. The van der Waals surface area contributed by atoms with Gasteiger partial charge in [-0.3, -0.25) is 9.78 Å². The lowest BCUT2D eigenvalue weighted by Crippen LogP contribution is -2.12. The van der Waals surface area contributed by atoms with Gasteiger partial charge in [0.25, 0.3) is 0 Å². The molecule has 2 aromatic rings. The highest BCUT2D eigenvalue weighted by Gasteiger charge is 2.10. The van der Waals surface area contributed by atoms with Crippen molar-refractivity contribution in [1.82, 2.24) is 4.98 Å². The number of amides is 1. The molecule has 0 aliphatic heterocycles. The summed E-state index contributed by atoms with van der Waals surface area (Å²) in [5.41, 5.74) is 6.67. The number of aromatic nitrogens is 1. The van der Waals surface area contributed by atoms with Gasteiger partial charge in [0.2, 0.25) is 5.91 Å². The monoisotopic (exact) mass is 216 g/mol. The van der Waals surface area contributed by atoms with Crippen molar-refractivity contribution >= 4 is 5.91 Å². The van der Waals surface area contributed by atoms with Crippen LogP contribution in [0.2, 0.25) is 0 Å². The molecule has 0 bridgehead atoms. The molecule has 0 spiro atoms. The maximum Gasteiger partial charge on any atom is 0.249 e. The van der Waals surface area contributed by atoms with Gasteiger partial charge in [-0.1, -0.05) is 12.1 Å². The minimum atomic E-state index is -0.654. The molecule has 1 heterocycles. The third-order valence-corrected chi connectivity index (χ3v) is 2.22. The third-order valence-electron chi connectivity index (χ3n) is 2.22. The van der Waals surface area contributed by atoms with Crippen LogP contribution in [0.1, 0.15) is 10.4 Å². The quantitative estimate of drug-likeness (QED) is 0.834. The van der Waals surface area contributed by atoms with Crippen LogP contribution in [0.4, 0.5) is 4.39 Å². The molecule has 0 saturated heterocycles. The minimum absolute atomic E-state index is 0.160. The van der Waals surface area contributed by atoms with Gasteiger partial charge in [-0.05, 0) is 23.8 Å². The second kappa shape index (κ2) is 4.10. The van der Waals surface area contributed by atoms with Gasteiger partial charge in [-0.15, -0.1) is 0 Å². The first-order valence-corrected chi connectivity index (χ1v) is 4.68. The zero-order valence-corrected chi connectivity index (χ0v) is 8.35. The predicted molar refractivity (Wildman–Crippen MR) is 58.1 cm³/mol. The van der Waals surface area contributed by atoms with Crippen molar-refractivity contribution in [3.63, 3.8) is 0 Å². The average molecular weight is 216 g/mol. The Labute approximate surface area is 91.7 Å². The maximum atomic E-state index is 13.0. The summed E-state index contributed by atoms with van der Waals surface area (Å²) in [6.07, 6.45) is 3.22. The summed E-state index contributed by atoms with van der Waals surface area (Å²) in [7, 11) is 0. The van der Waals surface area contributed by atoms with E-state index < -0.39 is 11.7 Å². The third kappa shape index (κ3) is 1.91. The molecule has 16 heavy (non-hydrogen) atoms. The number of rotatable bonds is 2. The molecule has 0 aliphatic rings. The highest BCUT2D eigenvalue weighted by molar-refractivity contribution is 5.99. The zero-order valence-electron chi connectivity index (χ0n) is 8.35. The molecule has 0 aliphatic carbocycles. The smallest absolute Gasteiger partial charge is 0.249 e. The molecular formula is C12H9FN2O. The largest absolute Gasteiger partial charge is 0.366 e. The lowest BCUT2D eigenvalue weighted by molar-refractivity contribution is 0.100. The van der Waals surface area contributed by atoms with Crippen LogP contribution in [0.15, 0.2) is 42.7 Å². The molecule has 1 aromatic heterocycles. The molecule has 0 unspecified atom stereocenters. The Balaban J connectivity index is 2.61. The number of nitrogens with two attached hydrogens (primary N) is 1. The fraction of sp³-hybridized carbons (Fsp3) is 0. The van der Waals surface area contributed by atoms with E-state index in [4.69, 9.17) is 5.73 Å². The molecule has 3 nitrogen and oxygen atoms in total. The fourth-order valence-electron chi connectivity index (χ4n) is 1.49. The van der Waals surface area contributed by atoms with Crippen LogP contribution in [0.5, 0.6) is 0 Å². The molecule has 4 heteroatoms. The van der Waals surface area contributed by atoms with Crippen molar-refractivity contribution in [2.24, 2.45) is 5.73 Å². The first-order chi connectivity index (χ1) is 7.68. The Hall–Kier alpha value is -2.23. The van der Waals surface area contributed by atoms with E-state index in [0.29, 0.717) is 5.56 Å². The Morgan fingerprint density at radius 1 is 1.31 bits per heavy atom. The van der Waals surface area contributed by atoms with Crippen molar-refractivity contribution < 1.29 is 9.18 Å². The number of primary amides is 1. The molecule has 0 radical (unpaired) electrons. The number of halogens is 1. The molecular weight excluding hydrogens is 207 g/mol. The van der Waals surface area contributed by atoms with Crippen molar-refractivity contribution in [3.8, 4) is 11.1 Å². The van der Waals surface area contributed by atoms with E-state index in [0.717, 1.165) is 11.6 Å². The number of pyridine rings is 1. The van der Waals surface area contributed by atoms with Crippen LogP contribution >= 0.6 is 0 Å². The standard InChI is InChI=1S/C12H9FN2O/c13-9-3-4-10(11(6-9)12(14)16)8-2-1-5-15-7-8/h1-7H,(H2,14,16). The van der Waals surface area contributed by atoms with Crippen LogP contribution in [0, 0.1) is 5.82 Å². The van der Waals surface area contributed by atoms with Crippen molar-refractivity contribution in [1.29, 1.82) is 0 Å². The second-order valence-electron chi connectivity index (χ2n) is 3.30. The summed E-state index contributed by atoms with van der Waals surface area (Å²) in [6, 6.07) is 7.46.